The van der Waals surface area contributed by atoms with Gasteiger partial charge in [0.2, 0.25) is 0 Å². The SMILES string of the molecule is C=Nc1ccc(-c2c(-c3ccc(F)cc3)nc(N)c3nc(C(=O)N(CC)CCOC)cn23)cc1/C(C)=C\C. The van der Waals surface area contributed by atoms with Crippen LogP contribution in [0.25, 0.3) is 33.7 Å². The molecule has 4 rings (SSSR count). The predicted molar refractivity (Wildman–Crippen MR) is 150 cm³/mol. The number of benzene rings is 2. The third-order valence-corrected chi connectivity index (χ3v) is 6.50. The topological polar surface area (TPSA) is 98.1 Å². The number of nitrogens with two attached hydrogens (primary N) is 1. The Kier molecular flexibility index (Phi) is 7.97. The first kappa shape index (κ1) is 26.7. The van der Waals surface area contributed by atoms with E-state index in [1.165, 1.54) is 12.1 Å². The Labute approximate surface area is 221 Å². The zero-order valence-electron chi connectivity index (χ0n) is 22.0. The number of ether oxygens (including phenoxy) is 1. The molecule has 0 aliphatic rings. The third kappa shape index (κ3) is 5.05. The maximum atomic E-state index is 13.8. The van der Waals surface area contributed by atoms with Crippen molar-refractivity contribution in [3.63, 3.8) is 0 Å². The number of imidazole rings is 1. The number of carbonyl (C=O) groups excluding carboxylic acids is 1. The van der Waals surface area contributed by atoms with Gasteiger partial charge in [-0.05, 0) is 69.5 Å². The fourth-order valence-electron chi connectivity index (χ4n) is 4.32. The number of carbonyl (C=O) groups is 1. The highest BCUT2D eigenvalue weighted by Crippen LogP contribution is 2.37. The molecule has 2 heterocycles. The van der Waals surface area contributed by atoms with E-state index in [-0.39, 0.29) is 23.2 Å². The second-order valence-corrected chi connectivity index (χ2v) is 8.76. The molecule has 0 aliphatic carbocycles. The lowest BCUT2D eigenvalue weighted by Gasteiger charge is -2.18. The van der Waals surface area contributed by atoms with Crippen molar-refractivity contribution in [2.24, 2.45) is 4.99 Å². The van der Waals surface area contributed by atoms with Crippen LogP contribution in [0.15, 0.2) is 59.7 Å². The van der Waals surface area contributed by atoms with E-state index < -0.39 is 0 Å². The van der Waals surface area contributed by atoms with E-state index in [2.05, 4.69) is 21.7 Å². The van der Waals surface area contributed by atoms with Gasteiger partial charge in [0.1, 0.15) is 11.5 Å². The fraction of sp³-hybridized carbons (Fsp3) is 0.241. The van der Waals surface area contributed by atoms with E-state index >= 15 is 0 Å². The Hall–Kier alpha value is -4.37. The van der Waals surface area contributed by atoms with Gasteiger partial charge >= 0.3 is 0 Å². The molecule has 0 bridgehead atoms. The average Bonchev–Trinajstić information content (AvgIpc) is 3.39. The Morgan fingerprint density at radius 1 is 1.21 bits per heavy atom. The quantitative estimate of drug-likeness (QED) is 0.291. The van der Waals surface area contributed by atoms with Gasteiger partial charge in [0, 0.05) is 43.1 Å². The molecule has 0 saturated heterocycles. The third-order valence-electron chi connectivity index (χ3n) is 6.50. The van der Waals surface area contributed by atoms with Crippen LogP contribution < -0.4 is 5.73 Å². The van der Waals surface area contributed by atoms with Gasteiger partial charge < -0.3 is 15.4 Å². The van der Waals surface area contributed by atoms with Gasteiger partial charge in [0.05, 0.1) is 23.7 Å². The molecule has 2 aromatic carbocycles. The Morgan fingerprint density at radius 3 is 2.55 bits per heavy atom. The van der Waals surface area contributed by atoms with Crippen LogP contribution in [-0.4, -0.2) is 58.7 Å². The van der Waals surface area contributed by atoms with Crippen LogP contribution in [0.5, 0.6) is 0 Å². The van der Waals surface area contributed by atoms with Crippen molar-refractivity contribution in [2.75, 3.05) is 32.5 Å². The number of likely N-dealkylation sites (N-methyl/N-ethyl adjacent to an activating group) is 1. The second-order valence-electron chi connectivity index (χ2n) is 8.76. The summed E-state index contributed by atoms with van der Waals surface area (Å²) in [6.45, 7) is 10.9. The zero-order chi connectivity index (χ0) is 27.4. The highest BCUT2D eigenvalue weighted by Gasteiger charge is 2.23. The van der Waals surface area contributed by atoms with E-state index in [0.29, 0.717) is 42.3 Å². The summed E-state index contributed by atoms with van der Waals surface area (Å²) in [6.07, 6.45) is 3.67. The standard InChI is InChI=1S/C29H31FN6O2/c1-6-18(3)22-16-20(10-13-23(22)32-4)26-25(19-8-11-21(30)12-9-19)34-27(31)28-33-24(17-36(26)28)29(37)35(7-2)14-15-38-5/h6,8-13,16-17H,4,7,14-15H2,1-3,5H3,(H2,31,34)/b18-6-. The van der Waals surface area contributed by atoms with E-state index in [0.717, 1.165) is 22.4 Å². The van der Waals surface area contributed by atoms with Crippen LogP contribution in [-0.2, 0) is 4.74 Å². The van der Waals surface area contributed by atoms with Crippen LogP contribution in [0, 0.1) is 5.82 Å². The first-order chi connectivity index (χ1) is 18.3. The summed E-state index contributed by atoms with van der Waals surface area (Å²) >= 11 is 0. The predicted octanol–water partition coefficient (Wildman–Crippen LogP) is 5.65. The number of aliphatic imine (C=N–C) groups is 1. The van der Waals surface area contributed by atoms with Gasteiger partial charge in [-0.25, -0.2) is 14.4 Å². The number of rotatable bonds is 9. The minimum Gasteiger partial charge on any atom is -0.383 e. The van der Waals surface area contributed by atoms with Crippen LogP contribution in [0.1, 0.15) is 36.8 Å². The van der Waals surface area contributed by atoms with E-state index in [1.54, 1.807) is 34.7 Å². The number of allylic oxidation sites excluding steroid dienone is 2. The lowest BCUT2D eigenvalue weighted by atomic mass is 9.97. The molecule has 0 unspecified atom stereocenters. The maximum absolute atomic E-state index is 13.8. The molecule has 0 fully saturated rings. The molecule has 0 radical (unpaired) electrons. The molecule has 0 aliphatic heterocycles. The van der Waals surface area contributed by atoms with Gasteiger partial charge in [-0.1, -0.05) is 12.1 Å². The highest BCUT2D eigenvalue weighted by molar-refractivity contribution is 5.94. The number of halogens is 1. The van der Waals surface area contributed by atoms with Crippen molar-refractivity contribution in [1.29, 1.82) is 0 Å². The van der Waals surface area contributed by atoms with Crippen molar-refractivity contribution < 1.29 is 13.9 Å². The first-order valence-corrected chi connectivity index (χ1v) is 12.3. The smallest absolute Gasteiger partial charge is 0.274 e. The summed E-state index contributed by atoms with van der Waals surface area (Å²) in [4.78, 5) is 28.4. The Balaban J connectivity index is 2.01. The van der Waals surface area contributed by atoms with E-state index in [9.17, 15) is 9.18 Å². The number of fused-ring (bicyclic) bond motifs is 1. The largest absolute Gasteiger partial charge is 0.383 e. The lowest BCUT2D eigenvalue weighted by Crippen LogP contribution is -2.33. The maximum Gasteiger partial charge on any atom is 0.274 e. The van der Waals surface area contributed by atoms with Gasteiger partial charge in [0.25, 0.3) is 5.91 Å². The molecule has 9 heteroatoms. The Morgan fingerprint density at radius 2 is 1.92 bits per heavy atom. The molecule has 2 N–H and O–H groups in total. The molecule has 196 valence electrons. The molecule has 4 aromatic rings. The normalized spacial score (nSPS) is 11.7. The fourth-order valence-corrected chi connectivity index (χ4v) is 4.32. The Bertz CT molecular complexity index is 1520. The summed E-state index contributed by atoms with van der Waals surface area (Å²) < 4.78 is 20.7. The van der Waals surface area contributed by atoms with Crippen molar-refractivity contribution in [3.8, 4) is 22.5 Å². The number of hydrogen-bond acceptors (Lipinski definition) is 6. The molecule has 1 amide bonds. The van der Waals surface area contributed by atoms with Crippen LogP contribution in [0.3, 0.4) is 0 Å². The molecule has 8 nitrogen and oxygen atoms in total. The van der Waals surface area contributed by atoms with Crippen molar-refractivity contribution in [1.82, 2.24) is 19.3 Å². The summed E-state index contributed by atoms with van der Waals surface area (Å²) in [5.74, 6) is -0.442. The number of nitrogens with zero attached hydrogens (tertiary/aromatic N) is 5. The van der Waals surface area contributed by atoms with Crippen molar-refractivity contribution in [3.05, 3.63) is 71.8 Å². The number of methoxy groups -OCH3 is 1. The average molecular weight is 515 g/mol. The van der Waals surface area contributed by atoms with Gasteiger partial charge in [-0.15, -0.1) is 0 Å². The van der Waals surface area contributed by atoms with Crippen molar-refractivity contribution in [2.45, 2.75) is 20.8 Å². The molecule has 0 saturated carbocycles. The molecule has 2 aromatic heterocycles. The second kappa shape index (κ2) is 11.4. The van der Waals surface area contributed by atoms with Gasteiger partial charge in [0.15, 0.2) is 11.5 Å². The number of aromatic nitrogens is 3. The highest BCUT2D eigenvalue weighted by atomic mass is 19.1. The van der Waals surface area contributed by atoms with E-state index in [1.807, 2.05) is 45.0 Å². The summed E-state index contributed by atoms with van der Waals surface area (Å²) in [5, 5.41) is 0. The van der Waals surface area contributed by atoms with Crippen LogP contribution >= 0.6 is 0 Å². The summed E-state index contributed by atoms with van der Waals surface area (Å²) in [6, 6.07) is 11.8. The molecule has 0 atom stereocenters. The van der Waals surface area contributed by atoms with Gasteiger partial charge in [-0.2, -0.15) is 0 Å². The van der Waals surface area contributed by atoms with Crippen LogP contribution in [0.4, 0.5) is 15.9 Å². The number of amides is 1. The van der Waals surface area contributed by atoms with Crippen molar-refractivity contribution >= 4 is 35.4 Å². The number of anilines is 1. The zero-order valence-corrected chi connectivity index (χ0v) is 22.0. The minimum atomic E-state index is -0.358. The van der Waals surface area contributed by atoms with Gasteiger partial charge in [-0.3, -0.25) is 14.2 Å². The monoisotopic (exact) mass is 514 g/mol. The molecular formula is C29H31FN6O2. The van der Waals surface area contributed by atoms with Crippen LogP contribution in [0.2, 0.25) is 0 Å². The van der Waals surface area contributed by atoms with E-state index in [4.69, 9.17) is 10.5 Å². The molecular weight excluding hydrogens is 483 g/mol. The molecule has 0 spiro atoms. The number of hydrogen-bond donors (Lipinski definition) is 1. The lowest BCUT2D eigenvalue weighted by molar-refractivity contribution is 0.0701. The first-order valence-electron chi connectivity index (χ1n) is 12.3. The summed E-state index contributed by atoms with van der Waals surface area (Å²) in [5.41, 5.74) is 12.3. The minimum absolute atomic E-state index is 0.154. The molecule has 38 heavy (non-hydrogen) atoms. The number of nitrogen functional groups attached to an aromatic ring is 1. The summed E-state index contributed by atoms with van der Waals surface area (Å²) in [7, 11) is 1.59.